The Morgan fingerprint density at radius 3 is 2.61 bits per heavy atom. The summed E-state index contributed by atoms with van der Waals surface area (Å²) < 4.78 is 0. The van der Waals surface area contributed by atoms with Gasteiger partial charge in [0.15, 0.2) is 0 Å². The standard InChI is InChI=1S/C14H19NO3/c16-13(11-8-9-4-5-10(11)7-9)15-6-2-1-3-12(15)14(17)18/h4-5,9-12H,1-3,6-8H2,(H,17,18)/t9?,10?,11?,12-/m0/s1. The molecule has 2 bridgehead atoms. The highest BCUT2D eigenvalue weighted by Gasteiger charge is 2.44. The number of carbonyl (C=O) groups excluding carboxylic acids is 1. The van der Waals surface area contributed by atoms with E-state index in [1.807, 2.05) is 0 Å². The maximum absolute atomic E-state index is 12.5. The number of likely N-dealkylation sites (tertiary alicyclic amines) is 1. The number of carbonyl (C=O) groups is 2. The molecule has 2 aliphatic carbocycles. The van der Waals surface area contributed by atoms with Gasteiger partial charge >= 0.3 is 5.97 Å². The van der Waals surface area contributed by atoms with Gasteiger partial charge in [-0.1, -0.05) is 12.2 Å². The number of hydrogen-bond acceptors (Lipinski definition) is 2. The molecule has 1 aliphatic heterocycles. The van der Waals surface area contributed by atoms with Crippen molar-refractivity contribution in [2.45, 2.75) is 38.1 Å². The van der Waals surface area contributed by atoms with E-state index in [1.54, 1.807) is 4.90 Å². The van der Waals surface area contributed by atoms with Crippen LogP contribution in [0, 0.1) is 17.8 Å². The Bertz CT molecular complexity index is 404. The molecule has 3 unspecified atom stereocenters. The van der Waals surface area contributed by atoms with Crippen molar-refractivity contribution in [3.8, 4) is 0 Å². The topological polar surface area (TPSA) is 57.6 Å². The van der Waals surface area contributed by atoms with Crippen molar-refractivity contribution in [2.24, 2.45) is 17.8 Å². The first-order valence-corrected chi connectivity index (χ1v) is 6.88. The van der Waals surface area contributed by atoms with Crippen LogP contribution in [0.25, 0.3) is 0 Å². The Labute approximate surface area is 107 Å². The normalized spacial score (nSPS) is 38.1. The predicted octanol–water partition coefficient (Wildman–Crippen LogP) is 1.66. The molecule has 18 heavy (non-hydrogen) atoms. The monoisotopic (exact) mass is 249 g/mol. The maximum Gasteiger partial charge on any atom is 0.326 e. The second-order valence-electron chi connectivity index (χ2n) is 5.77. The second-order valence-corrected chi connectivity index (χ2v) is 5.77. The molecule has 1 N–H and O–H groups in total. The van der Waals surface area contributed by atoms with Crippen LogP contribution in [0.3, 0.4) is 0 Å². The van der Waals surface area contributed by atoms with Crippen molar-refractivity contribution in [3.05, 3.63) is 12.2 Å². The van der Waals surface area contributed by atoms with Gasteiger partial charge in [0.1, 0.15) is 6.04 Å². The number of carboxylic acids is 1. The Morgan fingerprint density at radius 2 is 2.00 bits per heavy atom. The molecule has 0 spiro atoms. The van der Waals surface area contributed by atoms with Crippen LogP contribution in [-0.2, 0) is 9.59 Å². The van der Waals surface area contributed by atoms with Crippen LogP contribution in [0.15, 0.2) is 12.2 Å². The minimum absolute atomic E-state index is 0.0416. The van der Waals surface area contributed by atoms with Gasteiger partial charge in [0, 0.05) is 12.5 Å². The number of piperidine rings is 1. The van der Waals surface area contributed by atoms with Gasteiger partial charge in [0.05, 0.1) is 0 Å². The fourth-order valence-electron chi connectivity index (χ4n) is 3.73. The average molecular weight is 249 g/mol. The molecule has 0 aromatic carbocycles. The summed E-state index contributed by atoms with van der Waals surface area (Å²) in [7, 11) is 0. The van der Waals surface area contributed by atoms with Gasteiger partial charge in [-0.3, -0.25) is 4.79 Å². The number of nitrogens with zero attached hydrogens (tertiary/aromatic N) is 1. The van der Waals surface area contributed by atoms with Crippen molar-refractivity contribution in [1.29, 1.82) is 0 Å². The Kier molecular flexibility index (Phi) is 2.88. The van der Waals surface area contributed by atoms with Gasteiger partial charge in [0.2, 0.25) is 5.91 Å². The van der Waals surface area contributed by atoms with E-state index in [4.69, 9.17) is 0 Å². The molecule has 0 aromatic heterocycles. The summed E-state index contributed by atoms with van der Waals surface area (Å²) in [6.45, 7) is 0.618. The Morgan fingerprint density at radius 1 is 1.17 bits per heavy atom. The van der Waals surface area contributed by atoms with Gasteiger partial charge < -0.3 is 10.0 Å². The van der Waals surface area contributed by atoms with Gasteiger partial charge in [0.25, 0.3) is 0 Å². The lowest BCUT2D eigenvalue weighted by molar-refractivity contribution is -0.154. The molecule has 2 fully saturated rings. The van der Waals surface area contributed by atoms with Crippen molar-refractivity contribution in [2.75, 3.05) is 6.54 Å². The summed E-state index contributed by atoms with van der Waals surface area (Å²) >= 11 is 0. The lowest BCUT2D eigenvalue weighted by atomic mass is 9.90. The minimum atomic E-state index is -0.846. The number of carboxylic acid groups (broad SMARTS) is 1. The third-order valence-corrected chi connectivity index (χ3v) is 4.67. The summed E-state index contributed by atoms with van der Waals surface area (Å²) in [6.07, 6.45) is 8.82. The minimum Gasteiger partial charge on any atom is -0.480 e. The zero-order valence-corrected chi connectivity index (χ0v) is 10.4. The first-order chi connectivity index (χ1) is 8.66. The molecule has 1 amide bonds. The van der Waals surface area contributed by atoms with E-state index < -0.39 is 12.0 Å². The highest BCUT2D eigenvalue weighted by atomic mass is 16.4. The number of rotatable bonds is 2. The first kappa shape index (κ1) is 11.8. The molecule has 4 nitrogen and oxygen atoms in total. The van der Waals surface area contributed by atoms with E-state index in [-0.39, 0.29) is 11.8 Å². The van der Waals surface area contributed by atoms with E-state index in [0.717, 1.165) is 25.7 Å². The summed E-state index contributed by atoms with van der Waals surface area (Å²) in [5.74, 6) is 0.191. The number of allylic oxidation sites excluding steroid dienone is 2. The molecule has 4 heteroatoms. The van der Waals surface area contributed by atoms with Crippen molar-refractivity contribution in [3.63, 3.8) is 0 Å². The highest BCUT2D eigenvalue weighted by molar-refractivity contribution is 5.86. The van der Waals surface area contributed by atoms with E-state index >= 15 is 0 Å². The third kappa shape index (κ3) is 1.84. The van der Waals surface area contributed by atoms with Crippen LogP contribution in [-0.4, -0.2) is 34.5 Å². The number of amides is 1. The number of fused-ring (bicyclic) bond motifs is 2. The molecular weight excluding hydrogens is 230 g/mol. The molecule has 3 aliphatic rings. The predicted molar refractivity (Wildman–Crippen MR) is 65.8 cm³/mol. The number of aliphatic carboxylic acids is 1. The number of hydrogen-bond donors (Lipinski definition) is 1. The van der Waals surface area contributed by atoms with Crippen LogP contribution < -0.4 is 0 Å². The fourth-order valence-corrected chi connectivity index (χ4v) is 3.73. The zero-order chi connectivity index (χ0) is 12.7. The van der Waals surface area contributed by atoms with Crippen LogP contribution in [0.1, 0.15) is 32.1 Å². The fraction of sp³-hybridized carbons (Fsp3) is 0.714. The van der Waals surface area contributed by atoms with Crippen LogP contribution in [0.5, 0.6) is 0 Å². The molecule has 0 aromatic rings. The van der Waals surface area contributed by atoms with Gasteiger partial charge in [-0.05, 0) is 43.9 Å². The molecule has 3 rings (SSSR count). The van der Waals surface area contributed by atoms with E-state index in [9.17, 15) is 14.7 Å². The summed E-state index contributed by atoms with van der Waals surface area (Å²) in [4.78, 5) is 25.4. The summed E-state index contributed by atoms with van der Waals surface area (Å²) in [6, 6.07) is -0.589. The largest absolute Gasteiger partial charge is 0.480 e. The van der Waals surface area contributed by atoms with Gasteiger partial charge in [-0.15, -0.1) is 0 Å². The van der Waals surface area contributed by atoms with Crippen LogP contribution in [0.2, 0.25) is 0 Å². The molecule has 1 saturated heterocycles. The molecule has 0 radical (unpaired) electrons. The quantitative estimate of drug-likeness (QED) is 0.757. The van der Waals surface area contributed by atoms with Crippen molar-refractivity contribution in [1.82, 2.24) is 4.90 Å². The smallest absolute Gasteiger partial charge is 0.326 e. The highest BCUT2D eigenvalue weighted by Crippen LogP contribution is 2.44. The summed E-state index contributed by atoms with van der Waals surface area (Å²) in [5, 5.41) is 9.22. The van der Waals surface area contributed by atoms with Crippen LogP contribution >= 0.6 is 0 Å². The third-order valence-electron chi connectivity index (χ3n) is 4.67. The Hall–Kier alpha value is -1.32. The average Bonchev–Trinajstić information content (AvgIpc) is 3.00. The molecular formula is C14H19NO3. The summed E-state index contributed by atoms with van der Waals surface area (Å²) in [5.41, 5.74) is 0. The van der Waals surface area contributed by atoms with Crippen molar-refractivity contribution >= 4 is 11.9 Å². The Balaban J connectivity index is 1.74. The van der Waals surface area contributed by atoms with E-state index in [0.29, 0.717) is 24.8 Å². The van der Waals surface area contributed by atoms with Crippen molar-refractivity contribution < 1.29 is 14.7 Å². The molecule has 4 atom stereocenters. The first-order valence-electron chi connectivity index (χ1n) is 6.88. The van der Waals surface area contributed by atoms with E-state index in [1.165, 1.54) is 0 Å². The molecule has 98 valence electrons. The second kappa shape index (κ2) is 4.41. The lowest BCUT2D eigenvalue weighted by Gasteiger charge is -2.36. The van der Waals surface area contributed by atoms with E-state index in [2.05, 4.69) is 12.2 Å². The lowest BCUT2D eigenvalue weighted by Crippen LogP contribution is -2.50. The SMILES string of the molecule is O=C(O)[C@@H]1CCCCN1C(=O)C1CC2C=CC1C2. The molecule has 1 saturated carbocycles. The van der Waals surface area contributed by atoms with Crippen LogP contribution in [0.4, 0.5) is 0 Å². The van der Waals surface area contributed by atoms with Gasteiger partial charge in [-0.2, -0.15) is 0 Å². The molecule has 1 heterocycles. The zero-order valence-electron chi connectivity index (χ0n) is 10.4. The maximum atomic E-state index is 12.5. The van der Waals surface area contributed by atoms with Gasteiger partial charge in [-0.25, -0.2) is 4.79 Å².